The molecular formula is C17H20N4O4S. The van der Waals surface area contributed by atoms with E-state index in [2.05, 4.69) is 5.32 Å². The summed E-state index contributed by atoms with van der Waals surface area (Å²) < 4.78 is 0. The summed E-state index contributed by atoms with van der Waals surface area (Å²) >= 11 is 1.44. The highest BCUT2D eigenvalue weighted by atomic mass is 32.2. The molecule has 0 saturated heterocycles. The van der Waals surface area contributed by atoms with Gasteiger partial charge in [0.1, 0.15) is 17.7 Å². The quantitative estimate of drug-likeness (QED) is 0.354. The number of nitrogens with one attached hydrogen (secondary N) is 1. The van der Waals surface area contributed by atoms with Crippen LogP contribution in [0.3, 0.4) is 0 Å². The van der Waals surface area contributed by atoms with Gasteiger partial charge in [0.25, 0.3) is 5.91 Å². The molecular weight excluding hydrogens is 356 g/mol. The van der Waals surface area contributed by atoms with Gasteiger partial charge in [-0.1, -0.05) is 6.07 Å². The summed E-state index contributed by atoms with van der Waals surface area (Å²) in [6.07, 6.45) is 3.10. The summed E-state index contributed by atoms with van der Waals surface area (Å²) in [5.41, 5.74) is 6.10. The first kappa shape index (κ1) is 21.1. The Morgan fingerprint density at radius 1 is 1.46 bits per heavy atom. The first-order valence-electron chi connectivity index (χ1n) is 7.60. The van der Waals surface area contributed by atoms with Crippen molar-refractivity contribution in [1.29, 1.82) is 5.26 Å². The number of nitrogens with zero attached hydrogens (tertiary/aromatic N) is 2. The zero-order valence-corrected chi connectivity index (χ0v) is 15.2. The number of nitrogens with two attached hydrogens (primary N) is 1. The summed E-state index contributed by atoms with van der Waals surface area (Å²) in [5.74, 6) is -1.96. The number of hydrogen-bond donors (Lipinski definition) is 3. The third-order valence-electron chi connectivity index (χ3n) is 3.32. The van der Waals surface area contributed by atoms with Crippen molar-refractivity contribution in [3.8, 4) is 6.07 Å². The molecule has 9 heteroatoms. The molecule has 0 aliphatic carbocycles. The number of amides is 2. The maximum atomic E-state index is 12.3. The fourth-order valence-corrected chi connectivity index (χ4v) is 2.49. The fraction of sp³-hybridized carbons (Fsp3) is 0.294. The molecule has 0 aliphatic rings. The lowest BCUT2D eigenvalue weighted by Gasteiger charge is -2.18. The lowest BCUT2D eigenvalue weighted by Crippen LogP contribution is -2.42. The van der Waals surface area contributed by atoms with E-state index in [1.165, 1.54) is 24.8 Å². The van der Waals surface area contributed by atoms with Crippen LogP contribution in [0.4, 0.5) is 11.4 Å². The lowest BCUT2D eigenvalue weighted by molar-refractivity contribution is -0.141. The van der Waals surface area contributed by atoms with Crippen molar-refractivity contribution in [3.05, 3.63) is 36.0 Å². The van der Waals surface area contributed by atoms with Gasteiger partial charge in [-0.25, -0.2) is 4.79 Å². The van der Waals surface area contributed by atoms with E-state index in [0.29, 0.717) is 17.1 Å². The highest BCUT2D eigenvalue weighted by Crippen LogP contribution is 2.19. The largest absolute Gasteiger partial charge is 0.480 e. The summed E-state index contributed by atoms with van der Waals surface area (Å²) in [4.78, 5) is 36.5. The van der Waals surface area contributed by atoms with Gasteiger partial charge < -0.3 is 16.2 Å². The minimum Gasteiger partial charge on any atom is -0.480 e. The van der Waals surface area contributed by atoms with Crippen molar-refractivity contribution in [1.82, 2.24) is 5.32 Å². The van der Waals surface area contributed by atoms with E-state index in [-0.39, 0.29) is 6.42 Å². The van der Waals surface area contributed by atoms with E-state index in [9.17, 15) is 24.8 Å². The standard InChI is InChI=1S/C17H20N4O4S/c1-11(22)21(14-5-3-4-13(19)8-14)10-12(9-18)16(23)20-15(17(24)25)6-7-26-2/h3-5,8,10,15H,6-7,19H2,1-2H3,(H,20,23)(H,24,25)/b12-10-. The van der Waals surface area contributed by atoms with Gasteiger partial charge in [-0.15, -0.1) is 0 Å². The number of rotatable bonds is 8. The van der Waals surface area contributed by atoms with Crippen LogP contribution in [0.2, 0.25) is 0 Å². The number of benzene rings is 1. The molecule has 26 heavy (non-hydrogen) atoms. The first-order valence-corrected chi connectivity index (χ1v) is 8.99. The third kappa shape index (κ3) is 6.14. The molecule has 0 aliphatic heterocycles. The minimum atomic E-state index is -1.19. The van der Waals surface area contributed by atoms with Crippen LogP contribution in [-0.4, -0.2) is 40.9 Å². The van der Waals surface area contributed by atoms with Gasteiger partial charge in [0.15, 0.2) is 0 Å². The molecule has 0 fully saturated rings. The van der Waals surface area contributed by atoms with E-state index >= 15 is 0 Å². The molecule has 1 unspecified atom stereocenters. The number of nitriles is 1. The van der Waals surface area contributed by atoms with Crippen LogP contribution in [0.15, 0.2) is 36.0 Å². The average molecular weight is 376 g/mol. The summed E-state index contributed by atoms with van der Waals surface area (Å²) in [5, 5.41) is 20.7. The van der Waals surface area contributed by atoms with Crippen LogP contribution < -0.4 is 16.0 Å². The molecule has 1 aromatic carbocycles. The smallest absolute Gasteiger partial charge is 0.326 e. The van der Waals surface area contributed by atoms with Crippen molar-refractivity contribution in [2.24, 2.45) is 0 Å². The van der Waals surface area contributed by atoms with E-state index in [0.717, 1.165) is 11.1 Å². The monoisotopic (exact) mass is 376 g/mol. The molecule has 0 bridgehead atoms. The summed E-state index contributed by atoms with van der Waals surface area (Å²) in [6.45, 7) is 1.27. The van der Waals surface area contributed by atoms with Gasteiger partial charge in [0.05, 0.1) is 5.69 Å². The number of nitrogen functional groups attached to an aromatic ring is 1. The molecule has 1 atom stereocenters. The topological polar surface area (TPSA) is 137 Å². The van der Waals surface area contributed by atoms with Crippen LogP contribution >= 0.6 is 11.8 Å². The Labute approximate surface area is 155 Å². The molecule has 2 amide bonds. The molecule has 8 nitrogen and oxygen atoms in total. The van der Waals surface area contributed by atoms with E-state index in [1.807, 2.05) is 6.26 Å². The van der Waals surface area contributed by atoms with Gasteiger partial charge in [0.2, 0.25) is 5.91 Å². The zero-order valence-electron chi connectivity index (χ0n) is 14.4. The zero-order chi connectivity index (χ0) is 19.7. The molecule has 0 spiro atoms. The van der Waals surface area contributed by atoms with E-state index < -0.39 is 29.4 Å². The third-order valence-corrected chi connectivity index (χ3v) is 3.97. The second-order valence-electron chi connectivity index (χ2n) is 5.28. The van der Waals surface area contributed by atoms with Gasteiger partial charge in [-0.2, -0.15) is 17.0 Å². The van der Waals surface area contributed by atoms with Gasteiger partial charge in [-0.3, -0.25) is 14.5 Å². The number of aliphatic carboxylic acids is 1. The summed E-state index contributed by atoms with van der Waals surface area (Å²) in [6, 6.07) is 6.95. The number of thioether (sulfide) groups is 1. The van der Waals surface area contributed by atoms with Crippen molar-refractivity contribution >= 4 is 40.9 Å². The van der Waals surface area contributed by atoms with Gasteiger partial charge in [-0.05, 0) is 36.6 Å². The highest BCUT2D eigenvalue weighted by molar-refractivity contribution is 7.98. The van der Waals surface area contributed by atoms with Crippen molar-refractivity contribution in [3.63, 3.8) is 0 Å². The summed E-state index contributed by atoms with van der Waals surface area (Å²) in [7, 11) is 0. The van der Waals surface area contributed by atoms with Crippen molar-refractivity contribution in [2.75, 3.05) is 22.6 Å². The molecule has 4 N–H and O–H groups in total. The first-order chi connectivity index (χ1) is 12.3. The molecule has 138 valence electrons. The fourth-order valence-electron chi connectivity index (χ4n) is 2.02. The molecule has 0 radical (unpaired) electrons. The second kappa shape index (κ2) is 10.1. The Kier molecular flexibility index (Phi) is 8.18. The Morgan fingerprint density at radius 2 is 2.15 bits per heavy atom. The highest BCUT2D eigenvalue weighted by Gasteiger charge is 2.22. The number of carbonyl (C=O) groups is 3. The minimum absolute atomic E-state index is 0.215. The molecule has 0 heterocycles. The average Bonchev–Trinajstić information content (AvgIpc) is 2.58. The normalized spacial score (nSPS) is 12.0. The van der Waals surface area contributed by atoms with Crippen LogP contribution in [0.25, 0.3) is 0 Å². The van der Waals surface area contributed by atoms with Gasteiger partial charge >= 0.3 is 5.97 Å². The Balaban J connectivity index is 3.09. The van der Waals surface area contributed by atoms with E-state index in [4.69, 9.17) is 5.73 Å². The maximum absolute atomic E-state index is 12.3. The number of carboxylic acid groups (broad SMARTS) is 1. The molecule has 0 aromatic heterocycles. The van der Waals surface area contributed by atoms with E-state index in [1.54, 1.807) is 24.3 Å². The molecule has 1 aromatic rings. The molecule has 1 rings (SSSR count). The predicted molar refractivity (Wildman–Crippen MR) is 100 cm³/mol. The van der Waals surface area contributed by atoms with Crippen molar-refractivity contribution < 1.29 is 19.5 Å². The van der Waals surface area contributed by atoms with Crippen LogP contribution in [-0.2, 0) is 14.4 Å². The Morgan fingerprint density at radius 3 is 2.65 bits per heavy atom. The van der Waals surface area contributed by atoms with Gasteiger partial charge in [0, 0.05) is 18.8 Å². The molecule has 0 saturated carbocycles. The predicted octanol–water partition coefficient (Wildman–Crippen LogP) is 1.35. The number of carbonyl (C=O) groups excluding carboxylic acids is 2. The van der Waals surface area contributed by atoms with Crippen LogP contribution in [0, 0.1) is 11.3 Å². The SMILES string of the molecule is CSCCC(NC(=O)/C(C#N)=C\N(C(C)=O)c1cccc(N)c1)C(=O)O. The van der Waals surface area contributed by atoms with Crippen molar-refractivity contribution in [2.45, 2.75) is 19.4 Å². The second-order valence-corrected chi connectivity index (χ2v) is 6.27. The van der Waals surface area contributed by atoms with Crippen LogP contribution in [0.5, 0.6) is 0 Å². The Hall–Kier alpha value is -2.99. The van der Waals surface area contributed by atoms with Crippen LogP contribution in [0.1, 0.15) is 13.3 Å². The Bertz CT molecular complexity index is 757. The lowest BCUT2D eigenvalue weighted by atomic mass is 10.2. The number of anilines is 2. The number of carboxylic acids is 1. The number of hydrogen-bond acceptors (Lipinski definition) is 6. The maximum Gasteiger partial charge on any atom is 0.326 e.